The largest absolute Gasteiger partial charge is 0.316 e. The van der Waals surface area contributed by atoms with Gasteiger partial charge in [-0.15, -0.1) is 11.3 Å². The Labute approximate surface area is 120 Å². The van der Waals surface area contributed by atoms with Gasteiger partial charge in [0, 0.05) is 15.4 Å². The molecule has 3 rings (SSSR count). The van der Waals surface area contributed by atoms with E-state index in [-0.39, 0.29) is 0 Å². The summed E-state index contributed by atoms with van der Waals surface area (Å²) < 4.78 is 1.11. The van der Waals surface area contributed by atoms with E-state index in [0.29, 0.717) is 0 Å². The second-order valence-corrected chi connectivity index (χ2v) is 6.49. The molecule has 2 aromatic rings. The van der Waals surface area contributed by atoms with Gasteiger partial charge >= 0.3 is 0 Å². The molecule has 2 heterocycles. The van der Waals surface area contributed by atoms with Crippen LogP contribution in [-0.4, -0.2) is 18.1 Å². The zero-order valence-electron chi connectivity index (χ0n) is 10.0. The van der Waals surface area contributed by atoms with Crippen molar-refractivity contribution in [2.24, 2.45) is 5.92 Å². The molecule has 94 valence electrons. The van der Waals surface area contributed by atoms with Crippen LogP contribution in [0, 0.1) is 5.92 Å². The van der Waals surface area contributed by atoms with Gasteiger partial charge < -0.3 is 5.32 Å². The first-order chi connectivity index (χ1) is 8.81. The maximum absolute atomic E-state index is 4.76. The number of halogens is 1. The zero-order chi connectivity index (χ0) is 12.4. The lowest BCUT2D eigenvalue weighted by Crippen LogP contribution is -2.10. The lowest BCUT2D eigenvalue weighted by atomic mass is 10.0. The molecule has 4 heteroatoms. The number of rotatable bonds is 3. The Kier molecular flexibility index (Phi) is 3.77. The molecule has 1 atom stereocenters. The van der Waals surface area contributed by atoms with Gasteiger partial charge in [-0.05, 0) is 44.0 Å². The van der Waals surface area contributed by atoms with Crippen molar-refractivity contribution in [3.8, 4) is 10.6 Å². The molecule has 1 aromatic carbocycles. The van der Waals surface area contributed by atoms with Gasteiger partial charge in [0.1, 0.15) is 5.01 Å². The van der Waals surface area contributed by atoms with Gasteiger partial charge in [0.2, 0.25) is 0 Å². The van der Waals surface area contributed by atoms with Gasteiger partial charge in [-0.3, -0.25) is 0 Å². The van der Waals surface area contributed by atoms with Crippen molar-refractivity contribution in [1.82, 2.24) is 10.3 Å². The molecule has 1 saturated heterocycles. The van der Waals surface area contributed by atoms with E-state index in [1.807, 2.05) is 6.07 Å². The molecule has 1 fully saturated rings. The quantitative estimate of drug-likeness (QED) is 0.931. The highest BCUT2D eigenvalue weighted by Gasteiger charge is 2.16. The number of nitrogens with one attached hydrogen (secondary N) is 1. The third-order valence-electron chi connectivity index (χ3n) is 3.28. The minimum Gasteiger partial charge on any atom is -0.316 e. The third-order valence-corrected chi connectivity index (χ3v) is 4.72. The summed E-state index contributed by atoms with van der Waals surface area (Å²) in [6.07, 6.45) is 2.39. The van der Waals surface area contributed by atoms with E-state index in [4.69, 9.17) is 4.98 Å². The van der Waals surface area contributed by atoms with Gasteiger partial charge in [-0.1, -0.05) is 28.1 Å². The summed E-state index contributed by atoms with van der Waals surface area (Å²) in [6, 6.07) is 8.34. The summed E-state index contributed by atoms with van der Waals surface area (Å²) in [5.41, 5.74) is 2.44. The average molecular weight is 323 g/mol. The molecule has 1 aromatic heterocycles. The summed E-state index contributed by atoms with van der Waals surface area (Å²) in [7, 11) is 0. The monoisotopic (exact) mass is 322 g/mol. The van der Waals surface area contributed by atoms with Crippen LogP contribution in [0.1, 0.15) is 12.1 Å². The minimum atomic E-state index is 0.766. The minimum absolute atomic E-state index is 0.766. The molecule has 1 aliphatic rings. The fourth-order valence-corrected chi connectivity index (χ4v) is 3.57. The van der Waals surface area contributed by atoms with Crippen LogP contribution in [0.2, 0.25) is 0 Å². The van der Waals surface area contributed by atoms with Crippen LogP contribution in [0.25, 0.3) is 10.6 Å². The standard InChI is InChI=1S/C14H15BrN2S/c15-12-3-1-2-11(7-12)14-17-13(9-18-14)6-10-4-5-16-8-10/h1-3,7,9-10,16H,4-6,8H2. The van der Waals surface area contributed by atoms with Crippen molar-refractivity contribution in [3.63, 3.8) is 0 Å². The molecule has 2 nitrogen and oxygen atoms in total. The van der Waals surface area contributed by atoms with Gasteiger partial charge in [0.05, 0.1) is 5.69 Å². The molecule has 0 radical (unpaired) electrons. The second-order valence-electron chi connectivity index (χ2n) is 4.72. The smallest absolute Gasteiger partial charge is 0.123 e. The summed E-state index contributed by atoms with van der Waals surface area (Å²) in [4.78, 5) is 4.76. The summed E-state index contributed by atoms with van der Waals surface area (Å²) in [6.45, 7) is 2.30. The van der Waals surface area contributed by atoms with E-state index >= 15 is 0 Å². The van der Waals surface area contributed by atoms with Crippen LogP contribution in [0.15, 0.2) is 34.1 Å². The predicted octanol–water partition coefficient (Wildman–Crippen LogP) is 3.72. The number of hydrogen-bond donors (Lipinski definition) is 1. The first kappa shape index (κ1) is 12.3. The van der Waals surface area contributed by atoms with Crippen molar-refractivity contribution in [3.05, 3.63) is 39.8 Å². The van der Waals surface area contributed by atoms with Crippen LogP contribution in [0.5, 0.6) is 0 Å². The number of hydrogen-bond acceptors (Lipinski definition) is 3. The Bertz CT molecular complexity index is 532. The van der Waals surface area contributed by atoms with Gasteiger partial charge in [0.25, 0.3) is 0 Å². The topological polar surface area (TPSA) is 24.9 Å². The van der Waals surface area contributed by atoms with E-state index in [1.54, 1.807) is 11.3 Å². The van der Waals surface area contributed by atoms with Gasteiger partial charge in [0.15, 0.2) is 0 Å². The van der Waals surface area contributed by atoms with E-state index in [1.165, 1.54) is 17.7 Å². The molecule has 0 bridgehead atoms. The van der Waals surface area contributed by atoms with Crippen LogP contribution in [-0.2, 0) is 6.42 Å². The number of nitrogens with zero attached hydrogens (tertiary/aromatic N) is 1. The van der Waals surface area contributed by atoms with Crippen molar-refractivity contribution in [1.29, 1.82) is 0 Å². The van der Waals surface area contributed by atoms with Crippen molar-refractivity contribution in [2.45, 2.75) is 12.8 Å². The van der Waals surface area contributed by atoms with E-state index in [0.717, 1.165) is 34.9 Å². The first-order valence-corrected chi connectivity index (χ1v) is 7.89. The highest BCUT2D eigenvalue weighted by atomic mass is 79.9. The van der Waals surface area contributed by atoms with Crippen molar-refractivity contribution in [2.75, 3.05) is 13.1 Å². The second kappa shape index (κ2) is 5.51. The normalized spacial score (nSPS) is 19.3. The molecular formula is C14H15BrN2S. The van der Waals surface area contributed by atoms with Crippen molar-refractivity contribution >= 4 is 27.3 Å². The Morgan fingerprint density at radius 1 is 1.44 bits per heavy atom. The number of aromatic nitrogens is 1. The van der Waals surface area contributed by atoms with Crippen LogP contribution >= 0.6 is 27.3 Å². The third kappa shape index (κ3) is 2.82. The first-order valence-electron chi connectivity index (χ1n) is 6.22. The van der Waals surface area contributed by atoms with Crippen LogP contribution in [0.4, 0.5) is 0 Å². The van der Waals surface area contributed by atoms with Gasteiger partial charge in [-0.25, -0.2) is 4.98 Å². The predicted molar refractivity (Wildman–Crippen MR) is 79.9 cm³/mol. The highest BCUT2D eigenvalue weighted by molar-refractivity contribution is 9.10. The molecule has 0 aliphatic carbocycles. The zero-order valence-corrected chi connectivity index (χ0v) is 12.4. The molecule has 1 N–H and O–H groups in total. The van der Waals surface area contributed by atoms with E-state index in [9.17, 15) is 0 Å². The molecule has 0 spiro atoms. The van der Waals surface area contributed by atoms with Crippen molar-refractivity contribution < 1.29 is 0 Å². The molecule has 18 heavy (non-hydrogen) atoms. The molecule has 1 aliphatic heterocycles. The maximum atomic E-state index is 4.76. The fraction of sp³-hybridized carbons (Fsp3) is 0.357. The van der Waals surface area contributed by atoms with Crippen LogP contribution < -0.4 is 5.32 Å². The van der Waals surface area contributed by atoms with E-state index in [2.05, 4.69) is 44.8 Å². The lowest BCUT2D eigenvalue weighted by Gasteiger charge is -2.04. The average Bonchev–Trinajstić information content (AvgIpc) is 3.01. The number of thiazole rings is 1. The fourth-order valence-electron chi connectivity index (χ4n) is 2.34. The van der Waals surface area contributed by atoms with E-state index < -0.39 is 0 Å². The Balaban J connectivity index is 1.76. The SMILES string of the molecule is Brc1cccc(-c2nc(CC3CCNC3)cs2)c1. The highest BCUT2D eigenvalue weighted by Crippen LogP contribution is 2.27. The molecule has 1 unspecified atom stereocenters. The lowest BCUT2D eigenvalue weighted by molar-refractivity contribution is 0.573. The Morgan fingerprint density at radius 3 is 3.17 bits per heavy atom. The summed E-state index contributed by atoms with van der Waals surface area (Å²) >= 11 is 5.25. The summed E-state index contributed by atoms with van der Waals surface area (Å²) in [5.74, 6) is 0.766. The molecule has 0 amide bonds. The summed E-state index contributed by atoms with van der Waals surface area (Å²) in [5, 5.41) is 6.73. The molecule has 0 saturated carbocycles. The number of benzene rings is 1. The van der Waals surface area contributed by atoms with Gasteiger partial charge in [-0.2, -0.15) is 0 Å². The maximum Gasteiger partial charge on any atom is 0.123 e. The Hall–Kier alpha value is -0.710. The molecular weight excluding hydrogens is 308 g/mol. The Morgan fingerprint density at radius 2 is 2.39 bits per heavy atom. The van der Waals surface area contributed by atoms with Crippen LogP contribution in [0.3, 0.4) is 0 Å².